The zero-order valence-electron chi connectivity index (χ0n) is 25.5. The maximum atomic E-state index is 13.7. The molecule has 4 aromatic rings. The van der Waals surface area contributed by atoms with Crippen LogP contribution in [0.3, 0.4) is 0 Å². The molecule has 1 saturated heterocycles. The van der Waals surface area contributed by atoms with Crippen LogP contribution in [0.25, 0.3) is 22.3 Å². The summed E-state index contributed by atoms with van der Waals surface area (Å²) in [4.78, 5) is 33.5. The van der Waals surface area contributed by atoms with Crippen molar-refractivity contribution in [1.29, 1.82) is 0 Å². The van der Waals surface area contributed by atoms with Crippen molar-refractivity contribution in [3.8, 4) is 22.3 Å². The number of piperidine rings is 1. The second-order valence-corrected chi connectivity index (χ2v) is 12.1. The number of halogens is 3. The third kappa shape index (κ3) is 6.56. The Bertz CT molecular complexity index is 1640. The van der Waals surface area contributed by atoms with E-state index in [4.69, 9.17) is 0 Å². The first-order valence-electron chi connectivity index (χ1n) is 15.8. The Morgan fingerprint density at radius 3 is 2.09 bits per heavy atom. The van der Waals surface area contributed by atoms with Crippen LogP contribution in [0, 0.1) is 0 Å². The van der Waals surface area contributed by atoms with Crippen LogP contribution in [0.4, 0.5) is 13.2 Å². The molecule has 238 valence electrons. The van der Waals surface area contributed by atoms with Gasteiger partial charge in [0.15, 0.2) is 0 Å². The first kappa shape index (κ1) is 31.5. The lowest BCUT2D eigenvalue weighted by atomic mass is 9.73. The van der Waals surface area contributed by atoms with Crippen LogP contribution >= 0.6 is 0 Å². The topological polar surface area (TPSA) is 74.3 Å². The number of hydrogen-bond acceptors (Lipinski definition) is 4. The fourth-order valence-corrected chi connectivity index (χ4v) is 7.03. The van der Waals surface area contributed by atoms with Crippen molar-refractivity contribution in [2.24, 2.45) is 0 Å². The monoisotopic (exact) mass is 626 g/mol. The smallest absolute Gasteiger partial charge is 0.349 e. The standard InChI is InChI=1S/C37H37F3N4O2/c38-37(39,40)25-42-35(46)36(32-15-5-3-12-29(32)30-13-4-6-16-33(30)36)19-7-8-21-44-22-17-27(18-23-44)43-34(45)31-14-2-1-11-28(31)26-10-9-20-41-24-26/h1-6,9-16,20,24,27H,7-8,17-19,21-23,25H2,(H,42,46)(H,43,45). The molecule has 0 spiro atoms. The average molecular weight is 627 g/mol. The van der Waals surface area contributed by atoms with Crippen LogP contribution in [0.15, 0.2) is 97.3 Å². The molecule has 1 aliphatic carbocycles. The van der Waals surface area contributed by atoms with E-state index in [-0.39, 0.29) is 11.9 Å². The average Bonchev–Trinajstić information content (AvgIpc) is 3.37. The van der Waals surface area contributed by atoms with Gasteiger partial charge in [0.1, 0.15) is 12.0 Å². The van der Waals surface area contributed by atoms with Gasteiger partial charge < -0.3 is 15.5 Å². The molecule has 0 atom stereocenters. The molecule has 6 rings (SSSR count). The molecule has 2 aliphatic rings. The molecule has 1 aromatic heterocycles. The Hall–Kier alpha value is -4.50. The number of aromatic nitrogens is 1. The number of amides is 2. The lowest BCUT2D eigenvalue weighted by Crippen LogP contribution is -2.47. The molecule has 1 aliphatic heterocycles. The van der Waals surface area contributed by atoms with Crippen molar-refractivity contribution in [1.82, 2.24) is 20.5 Å². The van der Waals surface area contributed by atoms with E-state index in [2.05, 4.69) is 20.5 Å². The van der Waals surface area contributed by atoms with E-state index in [0.717, 1.165) is 72.3 Å². The molecule has 1 fully saturated rings. The fraction of sp³-hybridized carbons (Fsp3) is 0.324. The highest BCUT2D eigenvalue weighted by atomic mass is 19.4. The number of likely N-dealkylation sites (tertiary alicyclic amines) is 1. The molecular formula is C37H37F3N4O2. The second-order valence-electron chi connectivity index (χ2n) is 12.1. The Labute approximate surface area is 267 Å². The molecule has 0 bridgehead atoms. The highest BCUT2D eigenvalue weighted by molar-refractivity contribution is 6.01. The van der Waals surface area contributed by atoms with Gasteiger partial charge in [-0.15, -0.1) is 0 Å². The molecule has 9 heteroatoms. The number of pyridine rings is 1. The van der Waals surface area contributed by atoms with Crippen molar-refractivity contribution in [2.75, 3.05) is 26.2 Å². The zero-order valence-corrected chi connectivity index (χ0v) is 25.5. The van der Waals surface area contributed by atoms with Crippen molar-refractivity contribution in [2.45, 2.75) is 49.7 Å². The molecule has 0 saturated carbocycles. The number of rotatable bonds is 10. The van der Waals surface area contributed by atoms with Crippen LogP contribution < -0.4 is 10.6 Å². The quantitative estimate of drug-likeness (QED) is 0.191. The summed E-state index contributed by atoms with van der Waals surface area (Å²) in [6, 6.07) is 26.5. The summed E-state index contributed by atoms with van der Waals surface area (Å²) in [7, 11) is 0. The summed E-state index contributed by atoms with van der Waals surface area (Å²) in [6.07, 6.45) is 2.50. The molecule has 0 radical (unpaired) electrons. The number of benzene rings is 3. The Kier molecular flexibility index (Phi) is 9.22. The van der Waals surface area contributed by atoms with Gasteiger partial charge >= 0.3 is 6.18 Å². The van der Waals surface area contributed by atoms with Gasteiger partial charge in [0.2, 0.25) is 5.91 Å². The van der Waals surface area contributed by atoms with Crippen LogP contribution in [-0.2, 0) is 10.2 Å². The van der Waals surface area contributed by atoms with Crippen molar-refractivity contribution in [3.05, 3.63) is 114 Å². The van der Waals surface area contributed by atoms with Gasteiger partial charge in [0.25, 0.3) is 5.91 Å². The van der Waals surface area contributed by atoms with E-state index in [1.54, 1.807) is 12.4 Å². The number of hydrogen-bond donors (Lipinski definition) is 2. The Morgan fingerprint density at radius 2 is 1.46 bits per heavy atom. The summed E-state index contributed by atoms with van der Waals surface area (Å²) >= 11 is 0. The van der Waals surface area contributed by atoms with Gasteiger partial charge in [-0.1, -0.05) is 79.2 Å². The third-order valence-electron chi connectivity index (χ3n) is 9.24. The van der Waals surface area contributed by atoms with Gasteiger partial charge in [-0.3, -0.25) is 14.6 Å². The minimum Gasteiger partial charge on any atom is -0.349 e. The second kappa shape index (κ2) is 13.5. The molecule has 2 amide bonds. The maximum Gasteiger partial charge on any atom is 0.405 e. The molecule has 2 N–H and O–H groups in total. The summed E-state index contributed by atoms with van der Waals surface area (Å²) in [5.74, 6) is -0.701. The van der Waals surface area contributed by atoms with E-state index in [0.29, 0.717) is 18.4 Å². The molecule has 3 aromatic carbocycles. The van der Waals surface area contributed by atoms with Gasteiger partial charge in [-0.05, 0) is 72.2 Å². The number of carbonyl (C=O) groups excluding carboxylic acids is 2. The van der Waals surface area contributed by atoms with Crippen LogP contribution in [-0.4, -0.2) is 60.1 Å². The summed E-state index contributed by atoms with van der Waals surface area (Å²) in [5, 5.41) is 5.43. The largest absolute Gasteiger partial charge is 0.405 e. The van der Waals surface area contributed by atoms with Crippen LogP contribution in [0.2, 0.25) is 0 Å². The molecule has 46 heavy (non-hydrogen) atoms. The van der Waals surface area contributed by atoms with Crippen molar-refractivity contribution in [3.63, 3.8) is 0 Å². The zero-order chi connectivity index (χ0) is 32.1. The molecular weight excluding hydrogens is 589 g/mol. The summed E-state index contributed by atoms with van der Waals surface area (Å²) in [5.41, 5.74) is 4.51. The van der Waals surface area contributed by atoms with Gasteiger partial charge in [0, 0.05) is 42.7 Å². The minimum atomic E-state index is -4.50. The predicted octanol–water partition coefficient (Wildman–Crippen LogP) is 6.76. The van der Waals surface area contributed by atoms with E-state index in [1.165, 1.54) is 0 Å². The van der Waals surface area contributed by atoms with Crippen molar-refractivity contribution < 1.29 is 22.8 Å². The highest BCUT2D eigenvalue weighted by Crippen LogP contribution is 2.51. The van der Waals surface area contributed by atoms with Crippen molar-refractivity contribution >= 4 is 11.8 Å². The van der Waals surface area contributed by atoms with Gasteiger partial charge in [-0.25, -0.2) is 0 Å². The highest BCUT2D eigenvalue weighted by Gasteiger charge is 2.49. The van der Waals surface area contributed by atoms with E-state index in [9.17, 15) is 22.8 Å². The number of nitrogens with one attached hydrogen (secondary N) is 2. The number of nitrogens with zero attached hydrogens (tertiary/aromatic N) is 2. The van der Waals surface area contributed by atoms with E-state index < -0.39 is 24.0 Å². The normalized spacial score (nSPS) is 16.0. The lowest BCUT2D eigenvalue weighted by molar-refractivity contribution is -0.141. The minimum absolute atomic E-state index is 0.0674. The predicted molar refractivity (Wildman–Crippen MR) is 172 cm³/mol. The molecule has 6 nitrogen and oxygen atoms in total. The third-order valence-corrected chi connectivity index (χ3v) is 9.24. The lowest BCUT2D eigenvalue weighted by Gasteiger charge is -2.33. The van der Waals surface area contributed by atoms with Crippen LogP contribution in [0.5, 0.6) is 0 Å². The maximum absolute atomic E-state index is 13.7. The number of carbonyl (C=O) groups is 2. The van der Waals surface area contributed by atoms with E-state index in [1.807, 2.05) is 84.9 Å². The van der Waals surface area contributed by atoms with Gasteiger partial charge in [-0.2, -0.15) is 13.2 Å². The number of unbranched alkanes of at least 4 members (excludes halogenated alkanes) is 1. The number of alkyl halides is 3. The summed E-state index contributed by atoms with van der Waals surface area (Å²) < 4.78 is 39.5. The Balaban J connectivity index is 1.06. The first-order valence-corrected chi connectivity index (χ1v) is 15.8. The molecule has 2 heterocycles. The SMILES string of the molecule is O=C(NC1CCN(CCCCC2(C(=O)NCC(F)(F)F)c3ccccc3-c3ccccc32)CC1)c1ccccc1-c1cccnc1. The van der Waals surface area contributed by atoms with Gasteiger partial charge in [0.05, 0.1) is 0 Å². The first-order chi connectivity index (χ1) is 22.3. The number of fused-ring (bicyclic) bond motifs is 3. The fourth-order valence-electron chi connectivity index (χ4n) is 7.03. The molecule has 0 unspecified atom stereocenters. The Morgan fingerprint density at radius 1 is 0.826 bits per heavy atom. The van der Waals surface area contributed by atoms with E-state index >= 15 is 0 Å². The van der Waals surface area contributed by atoms with Crippen LogP contribution in [0.1, 0.15) is 53.6 Å². The summed E-state index contributed by atoms with van der Waals surface area (Å²) in [6.45, 7) is 1.11.